The summed E-state index contributed by atoms with van der Waals surface area (Å²) < 4.78 is 28.0. The molecule has 0 saturated carbocycles. The molecule has 0 aliphatic heterocycles. The number of nitrogens with two attached hydrogens (primary N) is 1. The Labute approximate surface area is 114 Å². The molecule has 0 fully saturated rings. The largest absolute Gasteiger partial charge is 0.397 e. The van der Waals surface area contributed by atoms with Crippen LogP contribution < -0.4 is 11.1 Å². The van der Waals surface area contributed by atoms with E-state index in [1.165, 1.54) is 12.1 Å². The number of hydrogen-bond donors (Lipinski definition) is 2. The second-order valence-electron chi connectivity index (χ2n) is 4.46. The number of hydrogen-bond acceptors (Lipinski definition) is 5. The van der Waals surface area contributed by atoms with Gasteiger partial charge in [-0.15, -0.1) is 0 Å². The fourth-order valence-electron chi connectivity index (χ4n) is 1.44. The molecule has 0 spiro atoms. The van der Waals surface area contributed by atoms with Gasteiger partial charge in [-0.2, -0.15) is 0 Å². The topological polar surface area (TPSA) is 81.4 Å². The molecule has 0 aliphatic rings. The van der Waals surface area contributed by atoms with Crippen molar-refractivity contribution in [1.82, 2.24) is 0 Å². The van der Waals surface area contributed by atoms with Crippen LogP contribution >= 0.6 is 0 Å². The molecule has 1 rings (SSSR count). The first-order valence-electron chi connectivity index (χ1n) is 5.86. The molecule has 19 heavy (non-hydrogen) atoms. The summed E-state index contributed by atoms with van der Waals surface area (Å²) in [6, 6.07) is 4.64. The highest BCUT2D eigenvalue weighted by Gasteiger charge is 2.09. The number of benzene rings is 1. The van der Waals surface area contributed by atoms with Crippen LogP contribution in [0.2, 0.25) is 0 Å². The van der Waals surface area contributed by atoms with Gasteiger partial charge in [0, 0.05) is 12.8 Å². The van der Waals surface area contributed by atoms with Crippen molar-refractivity contribution in [1.29, 1.82) is 0 Å². The second kappa shape index (κ2) is 6.58. The first-order valence-corrected chi connectivity index (χ1v) is 7.75. The van der Waals surface area contributed by atoms with E-state index in [2.05, 4.69) is 11.9 Å². The molecule has 3 N–H and O–H groups in total. The fraction of sp³-hybridized carbons (Fsp3) is 0.385. The molecule has 0 unspecified atom stereocenters. The van der Waals surface area contributed by atoms with E-state index in [-0.39, 0.29) is 4.90 Å². The van der Waals surface area contributed by atoms with E-state index in [0.717, 1.165) is 11.8 Å². The minimum Gasteiger partial charge on any atom is -0.397 e. The fourth-order valence-corrected chi connectivity index (χ4v) is 2.09. The van der Waals surface area contributed by atoms with Crippen molar-refractivity contribution in [3.63, 3.8) is 0 Å². The molecular weight excluding hydrogens is 264 g/mol. The maximum absolute atomic E-state index is 11.4. The zero-order valence-corrected chi connectivity index (χ0v) is 12.1. The van der Waals surface area contributed by atoms with Gasteiger partial charge < -0.3 is 15.8 Å². The van der Waals surface area contributed by atoms with Crippen molar-refractivity contribution in [2.75, 3.05) is 37.1 Å². The summed E-state index contributed by atoms with van der Waals surface area (Å²) in [5.74, 6) is 0. The highest BCUT2D eigenvalue weighted by molar-refractivity contribution is 7.90. The lowest BCUT2D eigenvalue weighted by Gasteiger charge is -2.10. The van der Waals surface area contributed by atoms with Gasteiger partial charge in [-0.25, -0.2) is 8.42 Å². The highest BCUT2D eigenvalue weighted by atomic mass is 32.2. The molecule has 5 nitrogen and oxygen atoms in total. The Bertz CT molecular complexity index is 553. The summed E-state index contributed by atoms with van der Waals surface area (Å²) in [5, 5.41) is 3.09. The third kappa shape index (κ3) is 5.32. The number of nitrogens with one attached hydrogen (secondary N) is 1. The van der Waals surface area contributed by atoms with Crippen molar-refractivity contribution in [2.24, 2.45) is 0 Å². The second-order valence-corrected chi connectivity index (χ2v) is 6.47. The Morgan fingerprint density at radius 1 is 1.47 bits per heavy atom. The monoisotopic (exact) mass is 284 g/mol. The standard InChI is InChI=1S/C13H20N2O3S/c1-10(2)9-18-7-6-15-13-5-4-11(8-12(13)14)19(3,16)17/h4-5,8,15H,1,6-7,9,14H2,2-3H3. The van der Waals surface area contributed by atoms with Gasteiger partial charge in [0.25, 0.3) is 0 Å². The molecule has 1 aromatic carbocycles. The van der Waals surface area contributed by atoms with Crippen LogP contribution in [0, 0.1) is 0 Å². The van der Waals surface area contributed by atoms with Gasteiger partial charge in [0.1, 0.15) is 0 Å². The summed E-state index contributed by atoms with van der Waals surface area (Å²) in [5.41, 5.74) is 7.87. The quantitative estimate of drug-likeness (QED) is 0.452. The number of ether oxygens (including phenoxy) is 1. The molecular formula is C13H20N2O3S. The SMILES string of the molecule is C=C(C)COCCNc1ccc(S(C)(=O)=O)cc1N. The summed E-state index contributed by atoms with van der Waals surface area (Å²) in [7, 11) is -3.22. The van der Waals surface area contributed by atoms with Gasteiger partial charge >= 0.3 is 0 Å². The van der Waals surface area contributed by atoms with Gasteiger partial charge in [-0.1, -0.05) is 12.2 Å². The number of sulfone groups is 1. The van der Waals surface area contributed by atoms with Crippen LogP contribution in [0.3, 0.4) is 0 Å². The van der Waals surface area contributed by atoms with Gasteiger partial charge in [0.2, 0.25) is 0 Å². The Morgan fingerprint density at radius 3 is 2.68 bits per heavy atom. The van der Waals surface area contributed by atoms with E-state index in [1.807, 2.05) is 6.92 Å². The zero-order valence-electron chi connectivity index (χ0n) is 11.3. The van der Waals surface area contributed by atoms with Crippen molar-refractivity contribution < 1.29 is 13.2 Å². The predicted molar refractivity (Wildman–Crippen MR) is 78.1 cm³/mol. The molecule has 0 aromatic heterocycles. The Hall–Kier alpha value is -1.53. The first-order chi connectivity index (χ1) is 8.80. The smallest absolute Gasteiger partial charge is 0.175 e. The van der Waals surface area contributed by atoms with Crippen LogP contribution in [0.25, 0.3) is 0 Å². The summed E-state index contributed by atoms with van der Waals surface area (Å²) >= 11 is 0. The summed E-state index contributed by atoms with van der Waals surface area (Å²) in [4.78, 5) is 0.217. The molecule has 0 amide bonds. The number of nitrogen functional groups attached to an aromatic ring is 1. The number of anilines is 2. The van der Waals surface area contributed by atoms with Gasteiger partial charge in [0.15, 0.2) is 9.84 Å². The lowest BCUT2D eigenvalue weighted by Crippen LogP contribution is -2.11. The van der Waals surface area contributed by atoms with Crippen LogP contribution in [0.1, 0.15) is 6.92 Å². The molecule has 1 aromatic rings. The third-order valence-corrected chi connectivity index (χ3v) is 3.47. The van der Waals surface area contributed by atoms with E-state index in [9.17, 15) is 8.42 Å². The van der Waals surface area contributed by atoms with Gasteiger partial charge in [0.05, 0.1) is 29.5 Å². The van der Waals surface area contributed by atoms with Crippen LogP contribution in [-0.2, 0) is 14.6 Å². The molecule has 6 heteroatoms. The maximum Gasteiger partial charge on any atom is 0.175 e. The van der Waals surface area contributed by atoms with Gasteiger partial charge in [-0.3, -0.25) is 0 Å². The average molecular weight is 284 g/mol. The normalized spacial score (nSPS) is 11.3. The van der Waals surface area contributed by atoms with Crippen LogP contribution in [0.5, 0.6) is 0 Å². The maximum atomic E-state index is 11.4. The third-order valence-electron chi connectivity index (χ3n) is 2.36. The van der Waals surface area contributed by atoms with E-state index in [0.29, 0.717) is 31.1 Å². The minimum atomic E-state index is -3.22. The lowest BCUT2D eigenvalue weighted by molar-refractivity contribution is 0.167. The summed E-state index contributed by atoms with van der Waals surface area (Å²) in [6.45, 7) is 7.29. The zero-order chi connectivity index (χ0) is 14.5. The molecule has 0 atom stereocenters. The molecule has 0 saturated heterocycles. The van der Waals surface area contributed by atoms with E-state index in [1.54, 1.807) is 6.07 Å². The Kier molecular flexibility index (Phi) is 5.38. The average Bonchev–Trinajstić information content (AvgIpc) is 2.28. The summed E-state index contributed by atoms with van der Waals surface area (Å²) in [6.07, 6.45) is 1.15. The Morgan fingerprint density at radius 2 is 2.16 bits per heavy atom. The van der Waals surface area contributed by atoms with Gasteiger partial charge in [-0.05, 0) is 25.1 Å². The van der Waals surface area contributed by atoms with Crippen molar-refractivity contribution in [2.45, 2.75) is 11.8 Å². The molecule has 0 bridgehead atoms. The predicted octanol–water partition coefficient (Wildman–Crippen LogP) is 1.68. The number of rotatable bonds is 7. The van der Waals surface area contributed by atoms with E-state index < -0.39 is 9.84 Å². The van der Waals surface area contributed by atoms with E-state index >= 15 is 0 Å². The van der Waals surface area contributed by atoms with Crippen LogP contribution in [0.4, 0.5) is 11.4 Å². The van der Waals surface area contributed by atoms with Crippen molar-refractivity contribution in [3.05, 3.63) is 30.4 Å². The molecule has 0 radical (unpaired) electrons. The lowest BCUT2D eigenvalue weighted by atomic mass is 10.2. The highest BCUT2D eigenvalue weighted by Crippen LogP contribution is 2.22. The van der Waals surface area contributed by atoms with Crippen LogP contribution in [-0.4, -0.2) is 34.4 Å². The molecule has 106 valence electrons. The Balaban J connectivity index is 2.54. The van der Waals surface area contributed by atoms with Crippen molar-refractivity contribution in [3.8, 4) is 0 Å². The van der Waals surface area contributed by atoms with E-state index in [4.69, 9.17) is 10.5 Å². The molecule has 0 heterocycles. The first kappa shape index (κ1) is 15.5. The molecule has 0 aliphatic carbocycles. The minimum absolute atomic E-state index is 0.217. The van der Waals surface area contributed by atoms with Crippen LogP contribution in [0.15, 0.2) is 35.2 Å². The van der Waals surface area contributed by atoms with Crippen molar-refractivity contribution >= 4 is 21.2 Å².